The molecular formula is C20H25NO. The van der Waals surface area contributed by atoms with E-state index >= 15 is 0 Å². The lowest BCUT2D eigenvalue weighted by atomic mass is 10.1. The zero-order valence-corrected chi connectivity index (χ0v) is 13.6. The van der Waals surface area contributed by atoms with Gasteiger partial charge in [0.15, 0.2) is 0 Å². The summed E-state index contributed by atoms with van der Waals surface area (Å²) in [6, 6.07) is 18.9. The Morgan fingerprint density at radius 3 is 2.55 bits per heavy atom. The third kappa shape index (κ3) is 5.05. The van der Waals surface area contributed by atoms with E-state index < -0.39 is 0 Å². The standard InChI is InChI=1S/C20H25NO/c1-16(12-13-18-8-5-4-6-9-18)15-21-17(2)19-10-7-11-20(14-19)22-3/h4-14,16-17,21H,15H2,1-3H3/t16?,17-/m1/s1. The zero-order valence-electron chi connectivity index (χ0n) is 13.6. The molecule has 2 rings (SSSR count). The van der Waals surface area contributed by atoms with Gasteiger partial charge in [0.2, 0.25) is 0 Å². The van der Waals surface area contributed by atoms with Crippen LogP contribution in [0.4, 0.5) is 0 Å². The van der Waals surface area contributed by atoms with Crippen LogP contribution in [0, 0.1) is 5.92 Å². The normalized spacial score (nSPS) is 14.0. The van der Waals surface area contributed by atoms with Gasteiger partial charge in [0.1, 0.15) is 5.75 Å². The fourth-order valence-corrected chi connectivity index (χ4v) is 2.30. The van der Waals surface area contributed by atoms with E-state index in [1.807, 2.05) is 18.2 Å². The lowest BCUT2D eigenvalue weighted by molar-refractivity contribution is 0.413. The largest absolute Gasteiger partial charge is 0.497 e. The van der Waals surface area contributed by atoms with Gasteiger partial charge in [-0.2, -0.15) is 0 Å². The highest BCUT2D eigenvalue weighted by atomic mass is 16.5. The second kappa shape index (κ2) is 8.40. The van der Waals surface area contributed by atoms with Gasteiger partial charge >= 0.3 is 0 Å². The number of nitrogens with one attached hydrogen (secondary N) is 1. The Balaban J connectivity index is 1.85. The van der Waals surface area contributed by atoms with Crippen molar-refractivity contribution in [2.24, 2.45) is 5.92 Å². The van der Waals surface area contributed by atoms with Gasteiger partial charge in [0.05, 0.1) is 7.11 Å². The van der Waals surface area contributed by atoms with Crippen molar-refractivity contribution in [3.63, 3.8) is 0 Å². The molecule has 22 heavy (non-hydrogen) atoms. The molecule has 116 valence electrons. The second-order valence-electron chi connectivity index (χ2n) is 5.65. The molecule has 0 aliphatic heterocycles. The van der Waals surface area contributed by atoms with Crippen molar-refractivity contribution in [3.8, 4) is 5.75 Å². The highest BCUT2D eigenvalue weighted by Gasteiger charge is 2.07. The summed E-state index contributed by atoms with van der Waals surface area (Å²) in [6.45, 7) is 5.36. The van der Waals surface area contributed by atoms with Crippen LogP contribution >= 0.6 is 0 Å². The summed E-state index contributed by atoms with van der Waals surface area (Å²) < 4.78 is 5.28. The van der Waals surface area contributed by atoms with E-state index in [0.717, 1.165) is 12.3 Å². The van der Waals surface area contributed by atoms with E-state index in [0.29, 0.717) is 12.0 Å². The molecule has 0 aliphatic rings. The maximum absolute atomic E-state index is 5.28. The molecule has 0 saturated carbocycles. The Kier molecular flexibility index (Phi) is 6.23. The van der Waals surface area contributed by atoms with Crippen LogP contribution in [0.3, 0.4) is 0 Å². The lowest BCUT2D eigenvalue weighted by Gasteiger charge is -2.17. The zero-order chi connectivity index (χ0) is 15.8. The first-order valence-corrected chi connectivity index (χ1v) is 7.79. The summed E-state index contributed by atoms with van der Waals surface area (Å²) in [5.74, 6) is 1.39. The van der Waals surface area contributed by atoms with E-state index in [4.69, 9.17) is 4.74 Å². The second-order valence-corrected chi connectivity index (χ2v) is 5.65. The molecule has 2 aromatic carbocycles. The van der Waals surface area contributed by atoms with Crippen molar-refractivity contribution >= 4 is 6.08 Å². The molecule has 0 spiro atoms. The SMILES string of the molecule is COc1cccc([C@@H](C)NCC(C)C=Cc2ccccc2)c1. The Morgan fingerprint density at radius 1 is 1.05 bits per heavy atom. The number of methoxy groups -OCH3 is 1. The van der Waals surface area contributed by atoms with Crippen LogP contribution in [0.25, 0.3) is 6.08 Å². The van der Waals surface area contributed by atoms with Crippen LogP contribution in [-0.4, -0.2) is 13.7 Å². The van der Waals surface area contributed by atoms with Crippen LogP contribution in [0.1, 0.15) is 31.0 Å². The van der Waals surface area contributed by atoms with Gasteiger partial charge in [-0.05, 0) is 36.1 Å². The van der Waals surface area contributed by atoms with E-state index in [-0.39, 0.29) is 0 Å². The maximum atomic E-state index is 5.28. The van der Waals surface area contributed by atoms with E-state index in [1.54, 1.807) is 7.11 Å². The molecule has 0 fully saturated rings. The van der Waals surface area contributed by atoms with Crippen LogP contribution in [-0.2, 0) is 0 Å². The Bertz CT molecular complexity index is 592. The summed E-state index contributed by atoms with van der Waals surface area (Å²) in [4.78, 5) is 0. The predicted octanol–water partition coefficient (Wildman–Crippen LogP) is 4.70. The van der Waals surface area contributed by atoms with Gasteiger partial charge in [0, 0.05) is 12.6 Å². The number of ether oxygens (including phenoxy) is 1. The highest BCUT2D eigenvalue weighted by Crippen LogP contribution is 2.19. The molecule has 1 N–H and O–H groups in total. The molecule has 0 amide bonds. The quantitative estimate of drug-likeness (QED) is 0.799. The molecular weight excluding hydrogens is 270 g/mol. The van der Waals surface area contributed by atoms with Gasteiger partial charge in [0.25, 0.3) is 0 Å². The van der Waals surface area contributed by atoms with E-state index in [2.05, 4.69) is 67.7 Å². The number of benzene rings is 2. The third-order valence-corrected chi connectivity index (χ3v) is 3.76. The molecule has 0 aromatic heterocycles. The average molecular weight is 295 g/mol. The maximum Gasteiger partial charge on any atom is 0.119 e. The first kappa shape index (κ1) is 16.3. The average Bonchev–Trinajstić information content (AvgIpc) is 2.58. The van der Waals surface area contributed by atoms with Gasteiger partial charge in [-0.1, -0.05) is 61.5 Å². The molecule has 1 unspecified atom stereocenters. The molecule has 2 nitrogen and oxygen atoms in total. The molecule has 0 bridgehead atoms. The highest BCUT2D eigenvalue weighted by molar-refractivity contribution is 5.48. The fourth-order valence-electron chi connectivity index (χ4n) is 2.30. The van der Waals surface area contributed by atoms with Crippen molar-refractivity contribution in [2.75, 3.05) is 13.7 Å². The fraction of sp³-hybridized carbons (Fsp3) is 0.300. The molecule has 0 aliphatic carbocycles. The van der Waals surface area contributed by atoms with Crippen molar-refractivity contribution in [1.82, 2.24) is 5.32 Å². The van der Waals surface area contributed by atoms with E-state index in [9.17, 15) is 0 Å². The number of rotatable bonds is 7. The summed E-state index contributed by atoms with van der Waals surface area (Å²) in [5.41, 5.74) is 2.49. The molecule has 2 aromatic rings. The first-order valence-electron chi connectivity index (χ1n) is 7.79. The molecule has 0 radical (unpaired) electrons. The molecule has 0 saturated heterocycles. The van der Waals surface area contributed by atoms with Crippen LogP contribution < -0.4 is 10.1 Å². The van der Waals surface area contributed by atoms with Crippen LogP contribution in [0.5, 0.6) is 5.75 Å². The van der Waals surface area contributed by atoms with E-state index in [1.165, 1.54) is 11.1 Å². The van der Waals surface area contributed by atoms with Gasteiger partial charge < -0.3 is 10.1 Å². The minimum absolute atomic E-state index is 0.308. The Morgan fingerprint density at radius 2 is 1.82 bits per heavy atom. The minimum atomic E-state index is 0.308. The molecule has 0 heterocycles. The monoisotopic (exact) mass is 295 g/mol. The Labute approximate surface area is 133 Å². The summed E-state index contributed by atoms with van der Waals surface area (Å²) in [7, 11) is 1.70. The first-order chi connectivity index (χ1) is 10.7. The predicted molar refractivity (Wildman–Crippen MR) is 94.1 cm³/mol. The van der Waals surface area contributed by atoms with Crippen molar-refractivity contribution in [1.29, 1.82) is 0 Å². The summed E-state index contributed by atoms with van der Waals surface area (Å²) in [6.07, 6.45) is 4.43. The van der Waals surface area contributed by atoms with Crippen molar-refractivity contribution in [3.05, 3.63) is 71.8 Å². The number of hydrogen-bond acceptors (Lipinski definition) is 2. The Hall–Kier alpha value is -2.06. The third-order valence-electron chi connectivity index (χ3n) is 3.76. The van der Waals surface area contributed by atoms with Crippen LogP contribution in [0.15, 0.2) is 60.7 Å². The topological polar surface area (TPSA) is 21.3 Å². The van der Waals surface area contributed by atoms with Gasteiger partial charge in [-0.3, -0.25) is 0 Å². The van der Waals surface area contributed by atoms with Crippen molar-refractivity contribution in [2.45, 2.75) is 19.9 Å². The van der Waals surface area contributed by atoms with Gasteiger partial charge in [-0.25, -0.2) is 0 Å². The minimum Gasteiger partial charge on any atom is -0.497 e. The molecule has 2 heteroatoms. The van der Waals surface area contributed by atoms with Crippen LogP contribution in [0.2, 0.25) is 0 Å². The van der Waals surface area contributed by atoms with Crippen molar-refractivity contribution < 1.29 is 4.74 Å². The smallest absolute Gasteiger partial charge is 0.119 e. The van der Waals surface area contributed by atoms with Gasteiger partial charge in [-0.15, -0.1) is 0 Å². The molecule has 2 atom stereocenters. The summed E-state index contributed by atoms with van der Waals surface area (Å²) in [5, 5.41) is 3.58. The number of hydrogen-bond donors (Lipinski definition) is 1. The lowest BCUT2D eigenvalue weighted by Crippen LogP contribution is -2.23. The summed E-state index contributed by atoms with van der Waals surface area (Å²) >= 11 is 0.